The third kappa shape index (κ3) is 5.98. The highest BCUT2D eigenvalue weighted by molar-refractivity contribution is 5.80. The topological polar surface area (TPSA) is 93.4 Å². The Morgan fingerprint density at radius 2 is 1.76 bits per heavy atom. The van der Waals surface area contributed by atoms with Crippen LogP contribution in [0.4, 0.5) is 13.2 Å². The van der Waals surface area contributed by atoms with Gasteiger partial charge in [0.2, 0.25) is 11.2 Å². The number of ether oxygens (including phenoxy) is 5. The van der Waals surface area contributed by atoms with E-state index in [4.69, 9.17) is 28.1 Å². The van der Waals surface area contributed by atoms with Crippen LogP contribution in [0.5, 0.6) is 23.0 Å². The predicted molar refractivity (Wildman–Crippen MR) is 114 cm³/mol. The first kappa shape index (κ1) is 24.9. The number of fused-ring (bicyclic) bond motifs is 1. The summed E-state index contributed by atoms with van der Waals surface area (Å²) in [5.74, 6) is -3.25. The molecule has 34 heavy (non-hydrogen) atoms. The number of esters is 1. The molecule has 0 unspecified atom stereocenters. The van der Waals surface area contributed by atoms with E-state index in [2.05, 4.69) is 0 Å². The zero-order chi connectivity index (χ0) is 24.7. The molecule has 0 amide bonds. The van der Waals surface area contributed by atoms with E-state index in [-0.39, 0.29) is 42.5 Å². The van der Waals surface area contributed by atoms with Crippen LogP contribution < -0.4 is 19.6 Å². The van der Waals surface area contributed by atoms with Gasteiger partial charge in [-0.15, -0.1) is 0 Å². The van der Waals surface area contributed by atoms with Crippen molar-refractivity contribution in [3.63, 3.8) is 0 Å². The lowest BCUT2D eigenvalue weighted by molar-refractivity contribution is -0.154. The Morgan fingerprint density at radius 1 is 1.03 bits per heavy atom. The van der Waals surface area contributed by atoms with E-state index in [1.54, 1.807) is 13.0 Å². The predicted octanol–water partition coefficient (Wildman–Crippen LogP) is 4.57. The van der Waals surface area contributed by atoms with Crippen LogP contribution in [0.1, 0.15) is 12.7 Å². The minimum atomic E-state index is -5.04. The Morgan fingerprint density at radius 3 is 2.44 bits per heavy atom. The number of methoxy groups -OCH3 is 1. The molecule has 0 fully saturated rings. The number of carbonyl (C=O) groups excluding carboxylic acids is 1. The Hall–Kier alpha value is -3.73. The van der Waals surface area contributed by atoms with Crippen molar-refractivity contribution < 1.29 is 46.1 Å². The summed E-state index contributed by atoms with van der Waals surface area (Å²) >= 11 is 0. The zero-order valence-corrected chi connectivity index (χ0v) is 18.3. The van der Waals surface area contributed by atoms with Crippen LogP contribution in [0.3, 0.4) is 0 Å². The first-order chi connectivity index (χ1) is 16.2. The molecule has 0 aliphatic heterocycles. The van der Waals surface area contributed by atoms with Crippen molar-refractivity contribution in [2.24, 2.45) is 0 Å². The van der Waals surface area contributed by atoms with Crippen molar-refractivity contribution in [1.82, 2.24) is 0 Å². The number of para-hydroxylation sites is 2. The second-order valence-corrected chi connectivity index (χ2v) is 6.73. The van der Waals surface area contributed by atoms with Crippen molar-refractivity contribution in [1.29, 1.82) is 0 Å². The molecule has 11 heteroatoms. The maximum atomic E-state index is 13.8. The van der Waals surface area contributed by atoms with Crippen LogP contribution >= 0.6 is 0 Å². The molecule has 182 valence electrons. The molecule has 1 heterocycles. The Labute approximate surface area is 191 Å². The van der Waals surface area contributed by atoms with E-state index in [1.807, 2.05) is 0 Å². The summed E-state index contributed by atoms with van der Waals surface area (Å²) in [7, 11) is 1.44. The second-order valence-electron chi connectivity index (χ2n) is 6.73. The van der Waals surface area contributed by atoms with E-state index in [0.717, 1.165) is 6.07 Å². The summed E-state index contributed by atoms with van der Waals surface area (Å²) in [5.41, 5.74) is -1.43. The van der Waals surface area contributed by atoms with Gasteiger partial charge < -0.3 is 28.1 Å². The average molecular weight is 482 g/mol. The summed E-state index contributed by atoms with van der Waals surface area (Å²) in [6, 6.07) is 9.61. The molecule has 0 bridgehead atoms. The Balaban J connectivity index is 1.95. The van der Waals surface area contributed by atoms with E-state index in [0.29, 0.717) is 0 Å². The van der Waals surface area contributed by atoms with Gasteiger partial charge in [0.15, 0.2) is 18.1 Å². The van der Waals surface area contributed by atoms with Crippen LogP contribution in [-0.2, 0) is 20.4 Å². The minimum Gasteiger partial charge on any atom is -0.490 e. The van der Waals surface area contributed by atoms with Gasteiger partial charge >= 0.3 is 12.1 Å². The third-order valence-corrected chi connectivity index (χ3v) is 4.35. The number of carbonyl (C=O) groups is 1. The molecule has 1 aromatic heterocycles. The van der Waals surface area contributed by atoms with Crippen molar-refractivity contribution in [3.8, 4) is 23.0 Å². The van der Waals surface area contributed by atoms with Crippen LogP contribution in [0.15, 0.2) is 51.7 Å². The monoisotopic (exact) mass is 482 g/mol. The van der Waals surface area contributed by atoms with Crippen LogP contribution in [-0.4, -0.2) is 39.5 Å². The Bertz CT molecular complexity index is 1200. The van der Waals surface area contributed by atoms with Crippen molar-refractivity contribution in [2.75, 3.05) is 33.5 Å². The van der Waals surface area contributed by atoms with Gasteiger partial charge in [-0.1, -0.05) is 12.1 Å². The van der Waals surface area contributed by atoms with E-state index >= 15 is 0 Å². The molecule has 0 atom stereocenters. The largest absolute Gasteiger partial charge is 0.490 e. The molecule has 3 rings (SSSR count). The smallest absolute Gasteiger partial charge is 0.453 e. The van der Waals surface area contributed by atoms with Gasteiger partial charge in [0.05, 0.1) is 18.6 Å². The first-order valence-corrected chi connectivity index (χ1v) is 10.1. The van der Waals surface area contributed by atoms with Gasteiger partial charge in [-0.2, -0.15) is 13.2 Å². The maximum absolute atomic E-state index is 13.8. The summed E-state index contributed by atoms with van der Waals surface area (Å²) in [6.45, 7) is 1.66. The summed E-state index contributed by atoms with van der Waals surface area (Å²) in [4.78, 5) is 24.6. The average Bonchev–Trinajstić information content (AvgIpc) is 2.80. The molecule has 3 aromatic rings. The van der Waals surface area contributed by atoms with Gasteiger partial charge in [-0.05, 0) is 31.2 Å². The van der Waals surface area contributed by atoms with Crippen LogP contribution in [0.2, 0.25) is 0 Å². The lowest BCUT2D eigenvalue weighted by Crippen LogP contribution is -2.17. The number of hydrogen-bond acceptors (Lipinski definition) is 8. The van der Waals surface area contributed by atoms with Crippen molar-refractivity contribution in [3.05, 3.63) is 58.4 Å². The summed E-state index contributed by atoms with van der Waals surface area (Å²) in [6.07, 6.45) is -5.04. The van der Waals surface area contributed by atoms with Crippen LogP contribution in [0.25, 0.3) is 11.0 Å². The number of hydrogen-bond donors (Lipinski definition) is 0. The summed E-state index contributed by atoms with van der Waals surface area (Å²) in [5, 5.41) is -0.174. The second kappa shape index (κ2) is 10.9. The highest BCUT2D eigenvalue weighted by atomic mass is 19.4. The quantitative estimate of drug-likeness (QED) is 0.307. The normalized spacial score (nSPS) is 11.3. The Kier molecular flexibility index (Phi) is 8.00. The fraction of sp³-hybridized carbons (Fsp3) is 0.304. The molecule has 8 nitrogen and oxygen atoms in total. The highest BCUT2D eigenvalue weighted by Gasteiger charge is 2.40. The highest BCUT2D eigenvalue weighted by Crippen LogP contribution is 2.40. The molecular weight excluding hydrogens is 461 g/mol. The van der Waals surface area contributed by atoms with E-state index < -0.39 is 41.3 Å². The van der Waals surface area contributed by atoms with Gasteiger partial charge in [0.25, 0.3) is 5.76 Å². The van der Waals surface area contributed by atoms with Gasteiger partial charge in [0, 0.05) is 13.2 Å². The number of alkyl halides is 3. The van der Waals surface area contributed by atoms with E-state index in [9.17, 15) is 22.8 Å². The fourth-order valence-electron chi connectivity index (χ4n) is 2.87. The number of halogens is 3. The van der Waals surface area contributed by atoms with Gasteiger partial charge in [-0.25, -0.2) is 4.79 Å². The lowest BCUT2D eigenvalue weighted by atomic mass is 10.2. The molecule has 0 saturated carbocycles. The molecule has 0 spiro atoms. The number of benzene rings is 2. The third-order valence-electron chi connectivity index (χ3n) is 4.35. The summed E-state index contributed by atoms with van der Waals surface area (Å²) < 4.78 is 71.9. The first-order valence-electron chi connectivity index (χ1n) is 10.1. The van der Waals surface area contributed by atoms with Gasteiger partial charge in [0.1, 0.15) is 17.9 Å². The standard InChI is InChI=1S/C23H21F3O8/c1-3-30-16-6-4-5-7-17(16)33-21-20(28)15-9-8-14(32-13-19(27)31-11-10-29-2)12-18(15)34-22(21)23(24,25)26/h4-9,12H,3,10-11,13H2,1-2H3. The van der Waals surface area contributed by atoms with Gasteiger partial charge in [-0.3, -0.25) is 4.79 Å². The fourth-order valence-corrected chi connectivity index (χ4v) is 2.87. The zero-order valence-electron chi connectivity index (χ0n) is 18.3. The molecular formula is C23H21F3O8. The SMILES string of the molecule is CCOc1ccccc1Oc1c(C(F)(F)F)oc2cc(OCC(=O)OCCOC)ccc2c1=O. The lowest BCUT2D eigenvalue weighted by Gasteiger charge is -2.15. The molecule has 0 aliphatic carbocycles. The van der Waals surface area contributed by atoms with Crippen molar-refractivity contribution >= 4 is 16.9 Å². The maximum Gasteiger partial charge on any atom is 0.453 e. The van der Waals surface area contributed by atoms with E-state index in [1.165, 1.54) is 37.4 Å². The molecule has 2 aromatic carbocycles. The number of rotatable bonds is 10. The van der Waals surface area contributed by atoms with Crippen LogP contribution in [0, 0.1) is 0 Å². The molecule has 0 N–H and O–H groups in total. The molecule has 0 saturated heterocycles. The molecule has 0 radical (unpaired) electrons. The minimum absolute atomic E-state index is 0.00262. The molecule has 0 aliphatic rings. The van der Waals surface area contributed by atoms with Crippen molar-refractivity contribution in [2.45, 2.75) is 13.1 Å².